The van der Waals surface area contributed by atoms with Crippen LogP contribution < -0.4 is 10.1 Å². The van der Waals surface area contributed by atoms with Crippen LogP contribution in [-0.2, 0) is 0 Å². The summed E-state index contributed by atoms with van der Waals surface area (Å²) in [5, 5.41) is 5.45. The molecule has 2 aromatic rings. The van der Waals surface area contributed by atoms with Crippen LogP contribution in [0, 0.1) is 6.92 Å². The van der Waals surface area contributed by atoms with Crippen LogP contribution in [0.1, 0.15) is 15.9 Å². The van der Waals surface area contributed by atoms with E-state index in [9.17, 15) is 4.79 Å². The number of nitrogens with one attached hydrogen (secondary N) is 1. The Bertz CT molecular complexity index is 621. The van der Waals surface area contributed by atoms with Gasteiger partial charge in [-0.3, -0.25) is 4.79 Å². The third-order valence-corrected chi connectivity index (χ3v) is 3.81. The molecule has 1 aliphatic heterocycles. The molecule has 2 heterocycles. The Morgan fingerprint density at radius 3 is 3.06 bits per heavy atom. The van der Waals surface area contributed by atoms with E-state index in [2.05, 4.69) is 5.32 Å². The number of anilines is 1. The van der Waals surface area contributed by atoms with Gasteiger partial charge in [0.2, 0.25) is 0 Å². The van der Waals surface area contributed by atoms with Crippen LogP contribution in [0.25, 0.3) is 0 Å². The van der Waals surface area contributed by atoms with Gasteiger partial charge < -0.3 is 10.1 Å². The SMILES string of the molecule is Cc1ccc2c(c1)Oc1scc(Cl)c1C(=O)N2. The number of fused-ring (bicyclic) bond motifs is 2. The van der Waals surface area contributed by atoms with Crippen LogP contribution >= 0.6 is 22.9 Å². The lowest BCUT2D eigenvalue weighted by Gasteiger charge is -2.06. The highest BCUT2D eigenvalue weighted by atomic mass is 35.5. The van der Waals surface area contributed by atoms with Crippen molar-refractivity contribution in [3.8, 4) is 10.8 Å². The predicted molar refractivity (Wildman–Crippen MR) is 68.5 cm³/mol. The molecule has 3 rings (SSSR count). The molecule has 0 unspecified atom stereocenters. The molecule has 1 aromatic heterocycles. The maximum absolute atomic E-state index is 12.0. The predicted octanol–water partition coefficient (Wildman–Crippen LogP) is 4.07. The number of amides is 1. The van der Waals surface area contributed by atoms with Gasteiger partial charge in [-0.15, -0.1) is 11.3 Å². The van der Waals surface area contributed by atoms with Crippen molar-refractivity contribution in [3.05, 3.63) is 39.7 Å². The largest absolute Gasteiger partial charge is 0.444 e. The Labute approximate surface area is 107 Å². The lowest BCUT2D eigenvalue weighted by Crippen LogP contribution is -2.09. The van der Waals surface area contributed by atoms with Gasteiger partial charge in [0, 0.05) is 5.38 Å². The summed E-state index contributed by atoms with van der Waals surface area (Å²) in [6.45, 7) is 1.97. The van der Waals surface area contributed by atoms with E-state index < -0.39 is 0 Å². The number of aryl methyl sites for hydroxylation is 1. The van der Waals surface area contributed by atoms with E-state index in [0.717, 1.165) is 5.56 Å². The second-order valence-electron chi connectivity index (χ2n) is 3.80. The van der Waals surface area contributed by atoms with E-state index in [1.807, 2.05) is 25.1 Å². The van der Waals surface area contributed by atoms with Gasteiger partial charge in [0.25, 0.3) is 5.91 Å². The fraction of sp³-hybridized carbons (Fsp3) is 0.0833. The minimum atomic E-state index is -0.228. The topological polar surface area (TPSA) is 38.3 Å². The van der Waals surface area contributed by atoms with Crippen LogP contribution in [0.3, 0.4) is 0 Å². The smallest absolute Gasteiger partial charge is 0.262 e. The zero-order valence-corrected chi connectivity index (χ0v) is 10.5. The van der Waals surface area contributed by atoms with Crippen molar-refractivity contribution < 1.29 is 9.53 Å². The summed E-state index contributed by atoms with van der Waals surface area (Å²) in [5.74, 6) is 0.421. The number of benzene rings is 1. The number of halogens is 1. The highest BCUT2D eigenvalue weighted by Crippen LogP contribution is 2.42. The van der Waals surface area contributed by atoms with Crippen molar-refractivity contribution in [2.45, 2.75) is 6.92 Å². The quantitative estimate of drug-likeness (QED) is 0.780. The normalized spacial score (nSPS) is 13.2. The highest BCUT2D eigenvalue weighted by Gasteiger charge is 2.25. The molecule has 1 N–H and O–H groups in total. The number of ether oxygens (including phenoxy) is 1. The summed E-state index contributed by atoms with van der Waals surface area (Å²) < 4.78 is 5.73. The molecule has 1 aromatic carbocycles. The molecule has 0 radical (unpaired) electrons. The maximum Gasteiger partial charge on any atom is 0.262 e. The maximum atomic E-state index is 12.0. The third-order valence-electron chi connectivity index (χ3n) is 2.53. The van der Waals surface area contributed by atoms with Crippen LogP contribution in [0.4, 0.5) is 5.69 Å². The van der Waals surface area contributed by atoms with Crippen molar-refractivity contribution in [2.24, 2.45) is 0 Å². The lowest BCUT2D eigenvalue weighted by molar-refractivity contribution is 0.102. The van der Waals surface area contributed by atoms with E-state index in [-0.39, 0.29) is 5.91 Å². The molecule has 17 heavy (non-hydrogen) atoms. The summed E-state index contributed by atoms with van der Waals surface area (Å²) >= 11 is 7.29. The molecule has 0 atom stereocenters. The fourth-order valence-corrected chi connectivity index (χ4v) is 2.85. The number of carbonyl (C=O) groups excluding carboxylic acids is 1. The average molecular weight is 266 g/mol. The first-order valence-electron chi connectivity index (χ1n) is 5.02. The Kier molecular flexibility index (Phi) is 2.34. The van der Waals surface area contributed by atoms with Gasteiger partial charge in [-0.1, -0.05) is 17.7 Å². The second kappa shape index (κ2) is 3.75. The highest BCUT2D eigenvalue weighted by molar-refractivity contribution is 7.13. The second-order valence-corrected chi connectivity index (χ2v) is 5.05. The monoisotopic (exact) mass is 265 g/mol. The molecule has 1 amide bonds. The van der Waals surface area contributed by atoms with Crippen LogP contribution in [0.2, 0.25) is 5.02 Å². The number of carbonyl (C=O) groups is 1. The Morgan fingerprint density at radius 1 is 1.41 bits per heavy atom. The van der Waals surface area contributed by atoms with Gasteiger partial charge in [0.15, 0.2) is 10.8 Å². The molecule has 5 heteroatoms. The van der Waals surface area contributed by atoms with E-state index in [1.54, 1.807) is 5.38 Å². The lowest BCUT2D eigenvalue weighted by atomic mass is 10.2. The molecule has 0 aliphatic carbocycles. The number of rotatable bonds is 0. The van der Waals surface area contributed by atoms with Crippen LogP contribution in [0.15, 0.2) is 23.6 Å². The van der Waals surface area contributed by atoms with Crippen molar-refractivity contribution in [1.29, 1.82) is 0 Å². The average Bonchev–Trinajstić information content (AvgIpc) is 2.56. The standard InChI is InChI=1S/C12H8ClNO2S/c1-6-2-3-8-9(4-6)16-12-10(11(15)14-8)7(13)5-17-12/h2-5H,1H3,(H,14,15). The van der Waals surface area contributed by atoms with E-state index in [4.69, 9.17) is 16.3 Å². The first-order chi connectivity index (χ1) is 8.15. The van der Waals surface area contributed by atoms with Crippen LogP contribution in [0.5, 0.6) is 10.8 Å². The fourth-order valence-electron chi connectivity index (χ4n) is 1.70. The van der Waals surface area contributed by atoms with Gasteiger partial charge in [0.05, 0.1) is 10.7 Å². The van der Waals surface area contributed by atoms with Crippen molar-refractivity contribution in [1.82, 2.24) is 0 Å². The van der Waals surface area contributed by atoms with Crippen LogP contribution in [-0.4, -0.2) is 5.91 Å². The number of hydrogen-bond acceptors (Lipinski definition) is 3. The molecule has 0 saturated carbocycles. The molecular formula is C12H8ClNO2S. The molecule has 0 spiro atoms. The number of hydrogen-bond donors (Lipinski definition) is 1. The minimum absolute atomic E-state index is 0.228. The summed E-state index contributed by atoms with van der Waals surface area (Å²) in [6, 6.07) is 5.63. The van der Waals surface area contributed by atoms with E-state index >= 15 is 0 Å². The van der Waals surface area contributed by atoms with Gasteiger partial charge >= 0.3 is 0 Å². The Hall–Kier alpha value is -1.52. The number of thiophene rings is 1. The summed E-state index contributed by atoms with van der Waals surface area (Å²) in [5.41, 5.74) is 2.15. The summed E-state index contributed by atoms with van der Waals surface area (Å²) in [6.07, 6.45) is 0. The zero-order chi connectivity index (χ0) is 12.0. The van der Waals surface area contributed by atoms with Crippen molar-refractivity contribution >= 4 is 34.5 Å². The first kappa shape index (κ1) is 10.6. The molecule has 0 saturated heterocycles. The zero-order valence-electron chi connectivity index (χ0n) is 8.91. The third kappa shape index (κ3) is 1.69. The molecule has 3 nitrogen and oxygen atoms in total. The van der Waals surface area contributed by atoms with E-state index in [1.165, 1.54) is 11.3 Å². The Balaban J connectivity index is 2.18. The molecular weight excluding hydrogens is 258 g/mol. The summed E-state index contributed by atoms with van der Waals surface area (Å²) in [7, 11) is 0. The Morgan fingerprint density at radius 2 is 2.24 bits per heavy atom. The van der Waals surface area contributed by atoms with Gasteiger partial charge in [-0.25, -0.2) is 0 Å². The van der Waals surface area contributed by atoms with Crippen molar-refractivity contribution in [3.63, 3.8) is 0 Å². The van der Waals surface area contributed by atoms with Gasteiger partial charge in [-0.2, -0.15) is 0 Å². The molecule has 86 valence electrons. The van der Waals surface area contributed by atoms with E-state index in [0.29, 0.717) is 27.1 Å². The molecule has 1 aliphatic rings. The molecule has 0 bridgehead atoms. The molecule has 0 fully saturated rings. The summed E-state index contributed by atoms with van der Waals surface area (Å²) in [4.78, 5) is 12.0. The minimum Gasteiger partial charge on any atom is -0.444 e. The van der Waals surface area contributed by atoms with Gasteiger partial charge in [0.1, 0.15) is 5.56 Å². The van der Waals surface area contributed by atoms with Crippen molar-refractivity contribution in [2.75, 3.05) is 5.32 Å². The van der Waals surface area contributed by atoms with Gasteiger partial charge in [-0.05, 0) is 24.6 Å². The first-order valence-corrected chi connectivity index (χ1v) is 6.28.